The lowest BCUT2D eigenvalue weighted by molar-refractivity contribution is -0.137. The van der Waals surface area contributed by atoms with E-state index in [4.69, 9.17) is 5.73 Å². The molecule has 0 aliphatic carbocycles. The van der Waals surface area contributed by atoms with Gasteiger partial charge in [-0.25, -0.2) is 9.97 Å². The molecule has 3 N–H and O–H groups in total. The van der Waals surface area contributed by atoms with Crippen molar-refractivity contribution in [3.8, 4) is 23.1 Å². The van der Waals surface area contributed by atoms with E-state index in [-0.39, 0.29) is 12.1 Å². The highest BCUT2D eigenvalue weighted by Crippen LogP contribution is 2.27. The number of hydrogen-bond acceptors (Lipinski definition) is 5. The predicted octanol–water partition coefficient (Wildman–Crippen LogP) is 0.679. The largest absolute Gasteiger partial charge is 0.369 e. The number of likely N-dealkylation sites (N-methyl/N-ethyl adjacent to an activating group) is 1. The molecule has 3 heterocycles. The SMILES string of the molecule is CN1CC[C@@](O)(C#Cc2cccc(-c3nc(C(N)=O)cc4c3ncn4C)c2)C1=O. The van der Waals surface area contributed by atoms with E-state index in [1.807, 2.05) is 13.1 Å². The summed E-state index contributed by atoms with van der Waals surface area (Å²) in [5, 5.41) is 10.5. The maximum atomic E-state index is 12.1. The van der Waals surface area contributed by atoms with Gasteiger partial charge in [0.25, 0.3) is 11.8 Å². The minimum atomic E-state index is -1.66. The van der Waals surface area contributed by atoms with Crippen molar-refractivity contribution in [3.63, 3.8) is 0 Å². The Bertz CT molecular complexity index is 1220. The number of aromatic nitrogens is 3. The number of rotatable bonds is 2. The van der Waals surface area contributed by atoms with Crippen LogP contribution in [0.25, 0.3) is 22.3 Å². The molecule has 2 amide bonds. The number of carbonyl (C=O) groups excluding carboxylic acids is 2. The lowest BCUT2D eigenvalue weighted by atomic mass is 10.0. The summed E-state index contributed by atoms with van der Waals surface area (Å²) in [5.74, 6) is 4.57. The third-order valence-corrected chi connectivity index (χ3v) is 5.02. The number of imidazole rings is 1. The zero-order chi connectivity index (χ0) is 20.8. The number of likely N-dealkylation sites (tertiary alicyclic amines) is 1. The zero-order valence-electron chi connectivity index (χ0n) is 16.0. The van der Waals surface area contributed by atoms with Gasteiger partial charge in [-0.2, -0.15) is 0 Å². The molecule has 0 saturated carbocycles. The van der Waals surface area contributed by atoms with Crippen LogP contribution in [-0.2, 0) is 11.8 Å². The van der Waals surface area contributed by atoms with Gasteiger partial charge in [-0.05, 0) is 18.2 Å². The quantitative estimate of drug-likeness (QED) is 0.626. The van der Waals surface area contributed by atoms with E-state index in [1.165, 1.54) is 4.90 Å². The van der Waals surface area contributed by atoms with E-state index in [0.717, 1.165) is 5.52 Å². The fourth-order valence-corrected chi connectivity index (χ4v) is 3.34. The number of primary amides is 1. The summed E-state index contributed by atoms with van der Waals surface area (Å²) in [6, 6.07) is 8.78. The van der Waals surface area contributed by atoms with Crippen LogP contribution in [0.3, 0.4) is 0 Å². The van der Waals surface area contributed by atoms with Gasteiger partial charge >= 0.3 is 0 Å². The van der Waals surface area contributed by atoms with Crippen LogP contribution in [0.2, 0.25) is 0 Å². The average Bonchev–Trinajstić information content (AvgIpc) is 3.21. The second-order valence-corrected chi connectivity index (χ2v) is 7.11. The van der Waals surface area contributed by atoms with E-state index < -0.39 is 17.4 Å². The first-order chi connectivity index (χ1) is 13.8. The highest BCUT2D eigenvalue weighted by Gasteiger charge is 2.42. The minimum Gasteiger partial charge on any atom is -0.369 e. The second kappa shape index (κ2) is 6.72. The third-order valence-electron chi connectivity index (χ3n) is 5.02. The first kappa shape index (κ1) is 18.7. The third kappa shape index (κ3) is 3.22. The normalized spacial score (nSPS) is 18.7. The number of carbonyl (C=O) groups is 2. The smallest absolute Gasteiger partial charge is 0.267 e. The molecule has 3 aromatic rings. The van der Waals surface area contributed by atoms with Crippen LogP contribution in [0, 0.1) is 11.8 Å². The average molecular weight is 389 g/mol. The molecule has 4 rings (SSSR count). The molecule has 1 saturated heterocycles. The van der Waals surface area contributed by atoms with E-state index >= 15 is 0 Å². The Balaban J connectivity index is 1.79. The molecule has 8 nitrogen and oxygen atoms in total. The monoisotopic (exact) mass is 389 g/mol. The van der Waals surface area contributed by atoms with Crippen LogP contribution < -0.4 is 5.73 Å². The number of aryl methyl sites for hydroxylation is 1. The van der Waals surface area contributed by atoms with Crippen LogP contribution in [0.4, 0.5) is 0 Å². The molecule has 0 spiro atoms. The first-order valence-electron chi connectivity index (χ1n) is 9.02. The van der Waals surface area contributed by atoms with Crippen LogP contribution in [0.15, 0.2) is 36.7 Å². The number of amides is 2. The molecule has 1 fully saturated rings. The number of nitrogens with two attached hydrogens (primary N) is 1. The van der Waals surface area contributed by atoms with Crippen molar-refractivity contribution in [1.29, 1.82) is 0 Å². The van der Waals surface area contributed by atoms with Crippen molar-refractivity contribution in [2.24, 2.45) is 12.8 Å². The van der Waals surface area contributed by atoms with Gasteiger partial charge in [0, 0.05) is 38.2 Å². The number of hydrogen-bond donors (Lipinski definition) is 2. The summed E-state index contributed by atoms with van der Waals surface area (Å²) in [6.07, 6.45) is 1.91. The summed E-state index contributed by atoms with van der Waals surface area (Å²) in [6.45, 7) is 0.464. The van der Waals surface area contributed by atoms with Crippen molar-refractivity contribution >= 4 is 22.8 Å². The highest BCUT2D eigenvalue weighted by molar-refractivity contribution is 5.98. The van der Waals surface area contributed by atoms with E-state index in [0.29, 0.717) is 28.9 Å². The lowest BCUT2D eigenvalue weighted by Crippen LogP contribution is -2.37. The summed E-state index contributed by atoms with van der Waals surface area (Å²) in [5.41, 5.74) is 7.10. The molecule has 29 heavy (non-hydrogen) atoms. The Morgan fingerprint density at radius 1 is 1.31 bits per heavy atom. The van der Waals surface area contributed by atoms with Crippen molar-refractivity contribution in [2.75, 3.05) is 13.6 Å². The summed E-state index contributed by atoms with van der Waals surface area (Å²) in [7, 11) is 3.46. The molecular formula is C21H19N5O3. The van der Waals surface area contributed by atoms with Crippen LogP contribution in [-0.4, -0.2) is 55.5 Å². The van der Waals surface area contributed by atoms with Gasteiger partial charge in [-0.1, -0.05) is 24.0 Å². The fourth-order valence-electron chi connectivity index (χ4n) is 3.34. The molecule has 1 aliphatic heterocycles. The zero-order valence-corrected chi connectivity index (χ0v) is 16.0. The second-order valence-electron chi connectivity index (χ2n) is 7.11. The van der Waals surface area contributed by atoms with E-state index in [2.05, 4.69) is 21.8 Å². The summed E-state index contributed by atoms with van der Waals surface area (Å²) >= 11 is 0. The van der Waals surface area contributed by atoms with Gasteiger partial charge in [-0.15, -0.1) is 0 Å². The minimum absolute atomic E-state index is 0.140. The van der Waals surface area contributed by atoms with Gasteiger partial charge in [0.05, 0.1) is 17.5 Å². The Kier molecular flexibility index (Phi) is 4.32. The number of nitrogens with zero attached hydrogens (tertiary/aromatic N) is 4. The van der Waals surface area contributed by atoms with Crippen molar-refractivity contribution < 1.29 is 14.7 Å². The van der Waals surface area contributed by atoms with Crippen molar-refractivity contribution in [1.82, 2.24) is 19.4 Å². The maximum Gasteiger partial charge on any atom is 0.267 e. The maximum absolute atomic E-state index is 12.1. The molecule has 146 valence electrons. The summed E-state index contributed by atoms with van der Waals surface area (Å²) < 4.78 is 1.79. The molecular weight excluding hydrogens is 370 g/mol. The van der Waals surface area contributed by atoms with Crippen LogP contribution >= 0.6 is 0 Å². The Morgan fingerprint density at radius 3 is 2.79 bits per heavy atom. The molecule has 0 unspecified atom stereocenters. The predicted molar refractivity (Wildman–Crippen MR) is 107 cm³/mol. The first-order valence-corrected chi connectivity index (χ1v) is 9.02. The number of benzene rings is 1. The van der Waals surface area contributed by atoms with Gasteiger partial charge in [0.15, 0.2) is 0 Å². The van der Waals surface area contributed by atoms with Gasteiger partial charge in [-0.3, -0.25) is 9.59 Å². The number of aliphatic hydroxyl groups is 1. The summed E-state index contributed by atoms with van der Waals surface area (Å²) in [4.78, 5) is 34.0. The number of pyridine rings is 1. The topological polar surface area (TPSA) is 114 Å². The molecule has 2 aromatic heterocycles. The molecule has 8 heteroatoms. The van der Waals surface area contributed by atoms with Crippen molar-refractivity contribution in [3.05, 3.63) is 47.9 Å². The van der Waals surface area contributed by atoms with Crippen LogP contribution in [0.5, 0.6) is 0 Å². The number of fused-ring (bicyclic) bond motifs is 1. The molecule has 0 bridgehead atoms. The Hall–Kier alpha value is -3.70. The van der Waals surface area contributed by atoms with E-state index in [9.17, 15) is 14.7 Å². The highest BCUT2D eigenvalue weighted by atomic mass is 16.3. The molecule has 1 aliphatic rings. The molecule has 1 aromatic carbocycles. The van der Waals surface area contributed by atoms with Crippen molar-refractivity contribution in [2.45, 2.75) is 12.0 Å². The lowest BCUT2D eigenvalue weighted by Gasteiger charge is -2.13. The van der Waals surface area contributed by atoms with Gasteiger partial charge in [0.2, 0.25) is 5.60 Å². The van der Waals surface area contributed by atoms with Crippen LogP contribution in [0.1, 0.15) is 22.5 Å². The fraction of sp³-hybridized carbons (Fsp3) is 0.238. The Labute approximate surface area is 167 Å². The van der Waals surface area contributed by atoms with Gasteiger partial charge in [0.1, 0.15) is 11.2 Å². The Morgan fingerprint density at radius 2 is 2.10 bits per heavy atom. The van der Waals surface area contributed by atoms with Gasteiger partial charge < -0.3 is 20.3 Å². The van der Waals surface area contributed by atoms with E-state index in [1.54, 1.807) is 42.2 Å². The molecule has 1 atom stereocenters. The molecule has 0 radical (unpaired) electrons. The standard InChI is InChI=1S/C21H19N5O3/c1-25-9-8-21(29,20(25)28)7-6-13-4-3-5-14(10-13)17-18-16(26(2)12-23-18)11-15(24-17)19(22)27/h3-5,10-12,29H,8-9H2,1-2H3,(H2,22,27)/t21-/m0/s1.